The summed E-state index contributed by atoms with van der Waals surface area (Å²) in [5.74, 6) is 0.246. The van der Waals surface area contributed by atoms with E-state index >= 15 is 0 Å². The molecule has 0 N–H and O–H groups in total. The molecule has 0 aliphatic carbocycles. The van der Waals surface area contributed by atoms with Crippen molar-refractivity contribution in [1.82, 2.24) is 0 Å². The number of rotatable bonds is 22. The number of nitro groups is 2. The molecule has 43 heavy (non-hydrogen) atoms. The summed E-state index contributed by atoms with van der Waals surface area (Å²) in [6, 6.07) is 10.0. The van der Waals surface area contributed by atoms with E-state index in [2.05, 4.69) is 0 Å². The van der Waals surface area contributed by atoms with Crippen LogP contribution in [0.15, 0.2) is 48.5 Å². The molecule has 0 bridgehead atoms. The molecule has 17 nitrogen and oxygen atoms in total. The minimum absolute atomic E-state index is 0.0332. The zero-order chi connectivity index (χ0) is 31.1. The van der Waals surface area contributed by atoms with Crippen molar-refractivity contribution in [2.45, 2.75) is 0 Å². The second-order valence-corrected chi connectivity index (χ2v) is 7.96. The van der Waals surface area contributed by atoms with Crippen LogP contribution < -0.4 is 9.47 Å². The summed E-state index contributed by atoms with van der Waals surface area (Å²) >= 11 is 0. The van der Waals surface area contributed by atoms with Crippen LogP contribution in [-0.2, 0) is 33.2 Å². The standard InChI is InChI=1S/C26H32N2O15/c29-25(42-23-5-1-21(2-6-23)27(31)32)40-19-17-38-15-13-36-11-9-35-10-12-37-14-16-39-18-20-41-26(30)43-24-7-3-22(4-8-24)28(33)34/h1-8H,9-20H2. The summed E-state index contributed by atoms with van der Waals surface area (Å²) < 4.78 is 46.1. The van der Waals surface area contributed by atoms with Gasteiger partial charge in [0, 0.05) is 24.3 Å². The molecule has 0 aliphatic rings. The van der Waals surface area contributed by atoms with Crippen molar-refractivity contribution < 1.29 is 62.1 Å². The van der Waals surface area contributed by atoms with Gasteiger partial charge in [-0.15, -0.1) is 0 Å². The third-order valence-corrected chi connectivity index (χ3v) is 4.88. The van der Waals surface area contributed by atoms with E-state index in [0.717, 1.165) is 0 Å². The number of benzene rings is 2. The number of hydrogen-bond acceptors (Lipinski definition) is 15. The van der Waals surface area contributed by atoms with Gasteiger partial charge in [-0.3, -0.25) is 20.2 Å². The van der Waals surface area contributed by atoms with Crippen LogP contribution in [0.3, 0.4) is 0 Å². The van der Waals surface area contributed by atoms with Gasteiger partial charge in [-0.25, -0.2) is 9.59 Å². The molecule has 2 rings (SSSR count). The summed E-state index contributed by atoms with van der Waals surface area (Å²) in [5, 5.41) is 21.2. The summed E-state index contributed by atoms with van der Waals surface area (Å²) in [4.78, 5) is 43.2. The van der Waals surface area contributed by atoms with Crippen molar-refractivity contribution in [2.24, 2.45) is 0 Å². The molecule has 2 aromatic carbocycles. The minimum atomic E-state index is -0.948. The van der Waals surface area contributed by atoms with E-state index in [9.17, 15) is 29.8 Å². The van der Waals surface area contributed by atoms with Gasteiger partial charge in [0.15, 0.2) is 0 Å². The largest absolute Gasteiger partial charge is 0.513 e. The molecular weight excluding hydrogens is 580 g/mol. The van der Waals surface area contributed by atoms with Gasteiger partial charge in [-0.2, -0.15) is 0 Å². The smallest absolute Gasteiger partial charge is 0.432 e. The highest BCUT2D eigenvalue weighted by molar-refractivity contribution is 5.64. The van der Waals surface area contributed by atoms with Gasteiger partial charge in [-0.05, 0) is 24.3 Å². The molecule has 0 saturated carbocycles. The molecule has 0 atom stereocenters. The lowest BCUT2D eigenvalue weighted by atomic mass is 10.3. The number of non-ortho nitro benzene ring substituents is 2. The molecule has 0 heterocycles. The molecule has 0 aromatic heterocycles. The summed E-state index contributed by atoms with van der Waals surface area (Å²) in [6.45, 7) is 2.88. The Morgan fingerprint density at radius 3 is 0.977 bits per heavy atom. The van der Waals surface area contributed by atoms with Gasteiger partial charge in [-0.1, -0.05) is 0 Å². The van der Waals surface area contributed by atoms with Crippen LogP contribution in [0.25, 0.3) is 0 Å². The predicted octanol–water partition coefficient (Wildman–Crippen LogP) is 3.32. The highest BCUT2D eigenvalue weighted by Gasteiger charge is 2.10. The molecule has 17 heteroatoms. The molecule has 0 fully saturated rings. The van der Waals surface area contributed by atoms with Crippen LogP contribution in [0.2, 0.25) is 0 Å². The van der Waals surface area contributed by atoms with Crippen LogP contribution in [0.1, 0.15) is 0 Å². The molecule has 0 saturated heterocycles. The first-order chi connectivity index (χ1) is 20.8. The SMILES string of the molecule is O=C(OCCOCCOCCOCCOCCOCCOC(=O)Oc1ccc([N+](=O)[O-])cc1)Oc1ccc([N+](=O)[O-])cc1. The normalized spacial score (nSPS) is 10.6. The first-order valence-electron chi connectivity index (χ1n) is 12.9. The van der Waals surface area contributed by atoms with Crippen LogP contribution in [0.5, 0.6) is 11.5 Å². The van der Waals surface area contributed by atoms with Crippen molar-refractivity contribution >= 4 is 23.7 Å². The van der Waals surface area contributed by atoms with E-state index in [1.54, 1.807) is 0 Å². The lowest BCUT2D eigenvalue weighted by Gasteiger charge is -2.09. The fourth-order valence-corrected chi connectivity index (χ4v) is 2.87. The molecule has 0 amide bonds. The molecule has 0 radical (unpaired) electrons. The quantitative estimate of drug-likeness (QED) is 0.0615. The number of nitrogens with zero attached hydrogens (tertiary/aromatic N) is 2. The molecular formula is C26H32N2O15. The molecule has 0 unspecified atom stereocenters. The number of hydrogen-bond donors (Lipinski definition) is 0. The maximum atomic E-state index is 11.6. The van der Waals surface area contributed by atoms with Gasteiger partial charge in [0.25, 0.3) is 11.4 Å². The highest BCUT2D eigenvalue weighted by atomic mass is 16.7. The second kappa shape index (κ2) is 21.3. The molecule has 0 aliphatic heterocycles. The minimum Gasteiger partial charge on any atom is -0.432 e. The third kappa shape index (κ3) is 16.6. The van der Waals surface area contributed by atoms with Crippen LogP contribution in [0, 0.1) is 20.2 Å². The Bertz CT molecular complexity index is 1030. The predicted molar refractivity (Wildman–Crippen MR) is 144 cm³/mol. The van der Waals surface area contributed by atoms with Crippen molar-refractivity contribution in [3.05, 3.63) is 68.8 Å². The van der Waals surface area contributed by atoms with E-state index in [4.69, 9.17) is 42.6 Å². The topological polar surface area (TPSA) is 203 Å². The monoisotopic (exact) mass is 612 g/mol. The fraction of sp³-hybridized carbons (Fsp3) is 0.462. The third-order valence-electron chi connectivity index (χ3n) is 4.88. The van der Waals surface area contributed by atoms with Crippen LogP contribution >= 0.6 is 0 Å². The molecule has 0 spiro atoms. The second-order valence-electron chi connectivity index (χ2n) is 7.96. The van der Waals surface area contributed by atoms with Crippen LogP contribution in [0.4, 0.5) is 21.0 Å². The molecule has 236 valence electrons. The van der Waals surface area contributed by atoms with E-state index in [0.29, 0.717) is 39.6 Å². The van der Waals surface area contributed by atoms with Gasteiger partial charge < -0.3 is 42.6 Å². The first-order valence-corrected chi connectivity index (χ1v) is 12.9. The lowest BCUT2D eigenvalue weighted by molar-refractivity contribution is -0.385. The van der Waals surface area contributed by atoms with Crippen molar-refractivity contribution in [3.63, 3.8) is 0 Å². The van der Waals surface area contributed by atoms with E-state index in [-0.39, 0.29) is 62.5 Å². The Kier molecular flexibility index (Phi) is 17.2. The van der Waals surface area contributed by atoms with Crippen LogP contribution in [-0.4, -0.2) is 101 Å². The molecule has 2 aromatic rings. The zero-order valence-corrected chi connectivity index (χ0v) is 23.1. The Labute approximate surface area is 245 Å². The average molecular weight is 613 g/mol. The lowest BCUT2D eigenvalue weighted by Crippen LogP contribution is -2.17. The zero-order valence-electron chi connectivity index (χ0n) is 23.1. The summed E-state index contributed by atoms with van der Waals surface area (Å²) in [7, 11) is 0. The van der Waals surface area contributed by atoms with Gasteiger partial charge in [0.1, 0.15) is 24.7 Å². The Hall–Kier alpha value is -4.42. The number of carbonyl (C=O) groups is 2. The van der Waals surface area contributed by atoms with Gasteiger partial charge >= 0.3 is 12.3 Å². The summed E-state index contributed by atoms with van der Waals surface area (Å²) in [6.07, 6.45) is -1.90. The summed E-state index contributed by atoms with van der Waals surface area (Å²) in [5.41, 5.74) is -0.241. The van der Waals surface area contributed by atoms with Crippen molar-refractivity contribution in [2.75, 3.05) is 79.3 Å². The number of nitro benzene ring substituents is 2. The van der Waals surface area contributed by atoms with Crippen molar-refractivity contribution in [1.29, 1.82) is 0 Å². The maximum Gasteiger partial charge on any atom is 0.513 e. The van der Waals surface area contributed by atoms with Gasteiger partial charge in [0.2, 0.25) is 0 Å². The van der Waals surface area contributed by atoms with E-state index < -0.39 is 22.2 Å². The Morgan fingerprint density at radius 2 is 0.721 bits per heavy atom. The number of carbonyl (C=O) groups excluding carboxylic acids is 2. The highest BCUT2D eigenvalue weighted by Crippen LogP contribution is 2.18. The Balaban J connectivity index is 1.28. The van der Waals surface area contributed by atoms with Gasteiger partial charge in [0.05, 0.1) is 75.9 Å². The van der Waals surface area contributed by atoms with Crippen molar-refractivity contribution in [3.8, 4) is 11.5 Å². The average Bonchev–Trinajstić information content (AvgIpc) is 2.98. The Morgan fingerprint density at radius 1 is 0.465 bits per heavy atom. The van der Waals surface area contributed by atoms with E-state index in [1.807, 2.05) is 0 Å². The fourth-order valence-electron chi connectivity index (χ4n) is 2.87. The van der Waals surface area contributed by atoms with E-state index in [1.165, 1.54) is 48.5 Å². The first kappa shape index (κ1) is 34.8. The maximum absolute atomic E-state index is 11.6. The number of ether oxygens (including phenoxy) is 9.